The van der Waals surface area contributed by atoms with Crippen molar-refractivity contribution in [2.45, 2.75) is 26.2 Å². The first-order valence-electron chi connectivity index (χ1n) is 7.70. The molecule has 3 aromatic carbocycles. The first kappa shape index (κ1) is 12.5. The van der Waals surface area contributed by atoms with Crippen molar-refractivity contribution in [1.29, 1.82) is 0 Å². The first-order valence-corrected chi connectivity index (χ1v) is 7.70. The van der Waals surface area contributed by atoms with Gasteiger partial charge in [-0.15, -0.1) is 0 Å². The van der Waals surface area contributed by atoms with Gasteiger partial charge in [0, 0.05) is 5.69 Å². The largest absolute Gasteiger partial charge is 0.399 e. The molecule has 1 aliphatic rings. The molecule has 0 heterocycles. The van der Waals surface area contributed by atoms with Crippen LogP contribution in [-0.2, 0) is 19.3 Å². The van der Waals surface area contributed by atoms with Crippen molar-refractivity contribution in [3.63, 3.8) is 0 Å². The zero-order valence-electron chi connectivity index (χ0n) is 12.3. The van der Waals surface area contributed by atoms with Crippen LogP contribution in [0.4, 0.5) is 5.69 Å². The topological polar surface area (TPSA) is 26.0 Å². The van der Waals surface area contributed by atoms with E-state index in [1.807, 2.05) is 6.07 Å². The molecule has 0 saturated heterocycles. The van der Waals surface area contributed by atoms with Crippen LogP contribution >= 0.6 is 0 Å². The van der Waals surface area contributed by atoms with Crippen LogP contribution < -0.4 is 5.73 Å². The minimum absolute atomic E-state index is 0.896. The van der Waals surface area contributed by atoms with E-state index >= 15 is 0 Å². The molecule has 0 unspecified atom stereocenters. The minimum Gasteiger partial charge on any atom is -0.399 e. The molecule has 0 aliphatic heterocycles. The Bertz CT molecular complexity index is 836. The summed E-state index contributed by atoms with van der Waals surface area (Å²) in [6.45, 7) is 2.16. The van der Waals surface area contributed by atoms with Crippen molar-refractivity contribution < 1.29 is 0 Å². The van der Waals surface area contributed by atoms with E-state index < -0.39 is 0 Å². The van der Waals surface area contributed by atoms with Crippen molar-refractivity contribution in [2.75, 3.05) is 5.73 Å². The fourth-order valence-corrected chi connectivity index (χ4v) is 3.58. The van der Waals surface area contributed by atoms with E-state index in [0.717, 1.165) is 12.1 Å². The van der Waals surface area contributed by atoms with Crippen molar-refractivity contribution in [1.82, 2.24) is 0 Å². The van der Waals surface area contributed by atoms with Gasteiger partial charge in [-0.25, -0.2) is 0 Å². The number of hydrogen-bond donors (Lipinski definition) is 1. The van der Waals surface area contributed by atoms with E-state index in [2.05, 4.69) is 49.4 Å². The summed E-state index contributed by atoms with van der Waals surface area (Å²) in [5.41, 5.74) is 13.8. The maximum Gasteiger partial charge on any atom is 0.0346 e. The molecule has 4 rings (SSSR count). The highest BCUT2D eigenvalue weighted by atomic mass is 14.6. The molecule has 1 nitrogen and oxygen atoms in total. The van der Waals surface area contributed by atoms with E-state index in [-0.39, 0.29) is 0 Å². The Morgan fingerprint density at radius 1 is 0.952 bits per heavy atom. The quantitative estimate of drug-likeness (QED) is 0.670. The summed E-state index contributed by atoms with van der Waals surface area (Å²) >= 11 is 0. The SMILES string of the molecule is CCc1cc(-c2ccc3c4c(cccc24)CC3)ccc1N. The summed E-state index contributed by atoms with van der Waals surface area (Å²) in [5.74, 6) is 0. The molecular formula is C20H19N. The van der Waals surface area contributed by atoms with Gasteiger partial charge >= 0.3 is 0 Å². The lowest BCUT2D eigenvalue weighted by Crippen LogP contribution is -1.93. The minimum atomic E-state index is 0.896. The number of anilines is 1. The van der Waals surface area contributed by atoms with Gasteiger partial charge < -0.3 is 5.73 Å². The Morgan fingerprint density at radius 3 is 2.57 bits per heavy atom. The monoisotopic (exact) mass is 273 g/mol. The normalized spacial score (nSPS) is 13.0. The van der Waals surface area contributed by atoms with Crippen molar-refractivity contribution in [3.8, 4) is 11.1 Å². The van der Waals surface area contributed by atoms with E-state index in [9.17, 15) is 0 Å². The Labute approximate surface area is 125 Å². The number of hydrogen-bond acceptors (Lipinski definition) is 1. The second-order valence-corrected chi connectivity index (χ2v) is 5.88. The van der Waals surface area contributed by atoms with Crippen molar-refractivity contribution >= 4 is 16.5 Å². The highest BCUT2D eigenvalue weighted by molar-refractivity contribution is 6.01. The predicted molar refractivity (Wildman–Crippen MR) is 90.6 cm³/mol. The second kappa shape index (κ2) is 4.63. The third-order valence-electron chi connectivity index (χ3n) is 4.71. The Kier molecular flexibility index (Phi) is 2.75. The standard InChI is InChI=1S/C20H19N/c1-2-13-12-16(9-11-19(13)21)17-10-8-15-7-6-14-4-3-5-18(17)20(14)15/h3-5,8-12H,2,6-7,21H2,1H3. The highest BCUT2D eigenvalue weighted by Gasteiger charge is 2.16. The molecule has 0 bridgehead atoms. The van der Waals surface area contributed by atoms with E-state index in [4.69, 9.17) is 5.73 Å². The summed E-state index contributed by atoms with van der Waals surface area (Å²) in [6, 6.07) is 17.7. The molecule has 21 heavy (non-hydrogen) atoms. The van der Waals surface area contributed by atoms with Crippen LogP contribution in [0.15, 0.2) is 48.5 Å². The molecule has 0 aromatic heterocycles. The summed E-state index contributed by atoms with van der Waals surface area (Å²) < 4.78 is 0. The van der Waals surface area contributed by atoms with Gasteiger partial charge in [0.05, 0.1) is 0 Å². The molecule has 3 aromatic rings. The highest BCUT2D eigenvalue weighted by Crippen LogP contribution is 2.37. The Balaban J connectivity index is 2.00. The molecule has 104 valence electrons. The van der Waals surface area contributed by atoms with Crippen LogP contribution in [0, 0.1) is 0 Å². The Hall–Kier alpha value is -2.28. The summed E-state index contributed by atoms with van der Waals surface area (Å²) in [7, 11) is 0. The fraction of sp³-hybridized carbons (Fsp3) is 0.200. The zero-order valence-corrected chi connectivity index (χ0v) is 12.3. The molecule has 0 saturated carbocycles. The lowest BCUT2D eigenvalue weighted by Gasteiger charge is -2.11. The molecule has 0 fully saturated rings. The molecular weight excluding hydrogens is 254 g/mol. The summed E-state index contributed by atoms with van der Waals surface area (Å²) in [4.78, 5) is 0. The van der Waals surface area contributed by atoms with E-state index in [0.29, 0.717) is 0 Å². The van der Waals surface area contributed by atoms with E-state index in [1.54, 1.807) is 0 Å². The maximum atomic E-state index is 6.05. The number of aryl methyl sites for hydroxylation is 3. The fourth-order valence-electron chi connectivity index (χ4n) is 3.58. The number of rotatable bonds is 2. The summed E-state index contributed by atoms with van der Waals surface area (Å²) in [5, 5.41) is 2.86. The lowest BCUT2D eigenvalue weighted by molar-refractivity contribution is 1.02. The molecule has 2 N–H and O–H groups in total. The van der Waals surface area contributed by atoms with Crippen LogP contribution in [0.25, 0.3) is 21.9 Å². The van der Waals surface area contributed by atoms with E-state index in [1.165, 1.54) is 51.4 Å². The van der Waals surface area contributed by atoms with Gasteiger partial charge in [-0.1, -0.05) is 43.3 Å². The van der Waals surface area contributed by atoms with Crippen LogP contribution in [0.5, 0.6) is 0 Å². The molecule has 0 atom stereocenters. The average molecular weight is 273 g/mol. The number of nitrogen functional groups attached to an aromatic ring is 1. The zero-order chi connectivity index (χ0) is 14.4. The van der Waals surface area contributed by atoms with Crippen LogP contribution in [0.3, 0.4) is 0 Å². The van der Waals surface area contributed by atoms with Crippen molar-refractivity contribution in [3.05, 3.63) is 65.2 Å². The molecule has 1 aliphatic carbocycles. The second-order valence-electron chi connectivity index (χ2n) is 5.88. The smallest absolute Gasteiger partial charge is 0.0346 e. The van der Waals surface area contributed by atoms with Crippen LogP contribution in [0.2, 0.25) is 0 Å². The third-order valence-corrected chi connectivity index (χ3v) is 4.71. The molecule has 1 heteroatoms. The predicted octanol–water partition coefficient (Wildman–Crippen LogP) is 4.75. The number of nitrogens with two attached hydrogens (primary N) is 1. The average Bonchev–Trinajstić information content (AvgIpc) is 2.94. The first-order chi connectivity index (χ1) is 10.3. The van der Waals surface area contributed by atoms with Crippen LogP contribution in [0.1, 0.15) is 23.6 Å². The van der Waals surface area contributed by atoms with Crippen molar-refractivity contribution in [2.24, 2.45) is 0 Å². The van der Waals surface area contributed by atoms with Gasteiger partial charge in [-0.2, -0.15) is 0 Å². The van der Waals surface area contributed by atoms with Gasteiger partial charge in [-0.3, -0.25) is 0 Å². The maximum absolute atomic E-state index is 6.05. The molecule has 0 amide bonds. The molecule has 0 spiro atoms. The number of benzene rings is 3. The Morgan fingerprint density at radius 2 is 1.76 bits per heavy atom. The van der Waals surface area contributed by atoms with Gasteiger partial charge in [0.1, 0.15) is 0 Å². The molecule has 0 radical (unpaired) electrons. The van der Waals surface area contributed by atoms with Crippen LogP contribution in [-0.4, -0.2) is 0 Å². The lowest BCUT2D eigenvalue weighted by atomic mass is 9.94. The summed E-state index contributed by atoms with van der Waals surface area (Å²) in [6.07, 6.45) is 3.33. The van der Waals surface area contributed by atoms with Gasteiger partial charge in [0.2, 0.25) is 0 Å². The van der Waals surface area contributed by atoms with Gasteiger partial charge in [-0.05, 0) is 70.0 Å². The van der Waals surface area contributed by atoms with Gasteiger partial charge in [0.25, 0.3) is 0 Å². The van der Waals surface area contributed by atoms with Gasteiger partial charge in [0.15, 0.2) is 0 Å². The third kappa shape index (κ3) is 1.84.